The van der Waals surface area contributed by atoms with Gasteiger partial charge in [-0.05, 0) is 19.1 Å². The van der Waals surface area contributed by atoms with Crippen LogP contribution in [0, 0.1) is 0 Å². The van der Waals surface area contributed by atoms with Gasteiger partial charge in [0.2, 0.25) is 5.91 Å². The van der Waals surface area contributed by atoms with Crippen LogP contribution >= 0.6 is 11.8 Å². The summed E-state index contributed by atoms with van der Waals surface area (Å²) < 4.78 is 5.03. The first-order valence-corrected chi connectivity index (χ1v) is 6.67. The van der Waals surface area contributed by atoms with Crippen molar-refractivity contribution >= 4 is 23.7 Å². The molecule has 1 aromatic rings. The van der Waals surface area contributed by atoms with E-state index in [1.54, 1.807) is 12.1 Å². The van der Waals surface area contributed by atoms with Gasteiger partial charge in [-0.25, -0.2) is 4.79 Å². The summed E-state index contributed by atoms with van der Waals surface area (Å²) in [7, 11) is 0. The molecule has 0 saturated carbocycles. The Morgan fingerprint density at radius 3 is 2.94 bits per heavy atom. The highest BCUT2D eigenvalue weighted by atomic mass is 32.2. The smallest absolute Gasteiger partial charge is 0.321 e. The number of carbonyl (C=O) groups excluding carboxylic acids is 2. The van der Waals surface area contributed by atoms with Crippen molar-refractivity contribution < 1.29 is 14.0 Å². The summed E-state index contributed by atoms with van der Waals surface area (Å²) in [6, 6.07) is 2.97. The molecule has 0 aromatic carbocycles. The molecule has 18 heavy (non-hydrogen) atoms. The van der Waals surface area contributed by atoms with Crippen molar-refractivity contribution in [3.8, 4) is 0 Å². The van der Waals surface area contributed by atoms with Crippen LogP contribution in [-0.2, 0) is 11.3 Å². The van der Waals surface area contributed by atoms with E-state index in [0.29, 0.717) is 11.5 Å². The van der Waals surface area contributed by atoms with E-state index in [-0.39, 0.29) is 24.2 Å². The molecule has 0 radical (unpaired) electrons. The lowest BCUT2D eigenvalue weighted by Crippen LogP contribution is -2.40. The molecule has 0 aliphatic carbocycles. The van der Waals surface area contributed by atoms with E-state index in [4.69, 9.17) is 10.2 Å². The van der Waals surface area contributed by atoms with E-state index in [1.807, 2.05) is 6.92 Å². The Kier molecular flexibility index (Phi) is 6.31. The molecule has 1 unspecified atom stereocenters. The predicted molar refractivity (Wildman–Crippen MR) is 70.1 cm³/mol. The van der Waals surface area contributed by atoms with Crippen LogP contribution in [0.1, 0.15) is 12.7 Å². The van der Waals surface area contributed by atoms with E-state index in [2.05, 4.69) is 10.6 Å². The lowest BCUT2D eigenvalue weighted by molar-refractivity contribution is -0.117. The quantitative estimate of drug-likeness (QED) is 0.707. The fourth-order valence-electron chi connectivity index (χ4n) is 1.12. The summed E-state index contributed by atoms with van der Waals surface area (Å²) in [4.78, 5) is 22.7. The summed E-state index contributed by atoms with van der Waals surface area (Å²) in [5.74, 6) is 1.19. The molecular weight excluding hydrogens is 254 g/mol. The van der Waals surface area contributed by atoms with Gasteiger partial charge in [-0.1, -0.05) is 0 Å². The maximum Gasteiger partial charge on any atom is 0.321 e. The number of thioether (sulfide) groups is 1. The minimum atomic E-state index is -0.530. The first-order chi connectivity index (χ1) is 8.58. The van der Waals surface area contributed by atoms with Crippen molar-refractivity contribution in [3.63, 3.8) is 0 Å². The lowest BCUT2D eigenvalue weighted by atomic mass is 10.4. The summed E-state index contributed by atoms with van der Waals surface area (Å²) in [6.45, 7) is 2.11. The normalized spacial score (nSPS) is 11.9. The summed E-state index contributed by atoms with van der Waals surface area (Å²) >= 11 is 1.39. The molecular formula is C11H17N3O3S. The second-order valence-electron chi connectivity index (χ2n) is 3.80. The van der Waals surface area contributed by atoms with E-state index >= 15 is 0 Å². The van der Waals surface area contributed by atoms with E-state index in [1.165, 1.54) is 18.0 Å². The molecule has 0 saturated heterocycles. The number of nitrogens with one attached hydrogen (secondary N) is 2. The van der Waals surface area contributed by atoms with Gasteiger partial charge >= 0.3 is 6.03 Å². The third-order valence-corrected chi connectivity index (χ3v) is 3.10. The summed E-state index contributed by atoms with van der Waals surface area (Å²) in [5.41, 5.74) is 5.54. The number of nitrogens with two attached hydrogens (primary N) is 1. The van der Waals surface area contributed by atoms with Gasteiger partial charge in [0.15, 0.2) is 0 Å². The van der Waals surface area contributed by atoms with Gasteiger partial charge in [-0.3, -0.25) is 10.1 Å². The number of imide groups is 1. The molecule has 7 heteroatoms. The average molecular weight is 271 g/mol. The van der Waals surface area contributed by atoms with Crippen LogP contribution in [0.5, 0.6) is 0 Å². The van der Waals surface area contributed by atoms with Crippen LogP contribution in [0.4, 0.5) is 4.79 Å². The van der Waals surface area contributed by atoms with Gasteiger partial charge in [0.25, 0.3) is 0 Å². The molecule has 0 spiro atoms. The van der Waals surface area contributed by atoms with Crippen LogP contribution in [0.25, 0.3) is 0 Å². The topological polar surface area (TPSA) is 97.4 Å². The van der Waals surface area contributed by atoms with Crippen LogP contribution in [0.3, 0.4) is 0 Å². The Balaban J connectivity index is 2.13. The number of hydrogen-bond acceptors (Lipinski definition) is 5. The van der Waals surface area contributed by atoms with Crippen molar-refractivity contribution in [2.75, 3.05) is 11.5 Å². The zero-order valence-corrected chi connectivity index (χ0v) is 11.0. The van der Waals surface area contributed by atoms with Crippen LogP contribution in [0.15, 0.2) is 22.8 Å². The fraction of sp³-hybridized carbons (Fsp3) is 0.455. The Morgan fingerprint density at radius 2 is 2.33 bits per heavy atom. The Morgan fingerprint density at radius 1 is 1.56 bits per heavy atom. The third kappa shape index (κ3) is 6.31. The summed E-state index contributed by atoms with van der Waals surface area (Å²) in [5, 5.41) is 4.74. The van der Waals surface area contributed by atoms with Gasteiger partial charge in [0.1, 0.15) is 5.76 Å². The average Bonchev–Trinajstić information content (AvgIpc) is 2.78. The minimum Gasteiger partial charge on any atom is -0.467 e. The second kappa shape index (κ2) is 7.78. The van der Waals surface area contributed by atoms with Crippen LogP contribution in [0.2, 0.25) is 0 Å². The molecule has 0 fully saturated rings. The predicted octanol–water partition coefficient (Wildman–Crippen LogP) is 0.686. The van der Waals surface area contributed by atoms with Crippen molar-refractivity contribution in [2.45, 2.75) is 19.5 Å². The molecule has 3 amide bonds. The number of rotatable bonds is 6. The lowest BCUT2D eigenvalue weighted by Gasteiger charge is -2.06. The molecule has 1 rings (SSSR count). The molecule has 1 atom stereocenters. The maximum absolute atomic E-state index is 11.3. The Bertz CT molecular complexity index is 379. The molecule has 0 aliphatic heterocycles. The van der Waals surface area contributed by atoms with Gasteiger partial charge in [0.05, 0.1) is 18.6 Å². The highest BCUT2D eigenvalue weighted by molar-refractivity contribution is 8.00. The molecule has 0 aliphatic rings. The van der Waals surface area contributed by atoms with Gasteiger partial charge < -0.3 is 15.5 Å². The number of hydrogen-bond donors (Lipinski definition) is 3. The molecule has 1 heterocycles. The summed E-state index contributed by atoms with van der Waals surface area (Å²) in [6.07, 6.45) is 1.52. The monoisotopic (exact) mass is 271 g/mol. The second-order valence-corrected chi connectivity index (χ2v) is 4.83. The minimum absolute atomic E-state index is 0.0376. The van der Waals surface area contributed by atoms with Gasteiger partial charge in [-0.2, -0.15) is 11.8 Å². The highest BCUT2D eigenvalue weighted by Crippen LogP contribution is 2.00. The fourth-order valence-corrected chi connectivity index (χ4v) is 1.87. The number of furan rings is 1. The standard InChI is InChI=1S/C11H17N3O3S/c1-8(12)6-18-7-10(15)14-11(16)13-5-9-3-2-4-17-9/h2-4,8H,5-7,12H2,1H3,(H2,13,14,15,16). The first-order valence-electron chi connectivity index (χ1n) is 5.51. The van der Waals surface area contributed by atoms with Crippen LogP contribution in [-0.4, -0.2) is 29.5 Å². The molecule has 1 aromatic heterocycles. The number of carbonyl (C=O) groups is 2. The SMILES string of the molecule is CC(N)CSCC(=O)NC(=O)NCc1ccco1. The first kappa shape index (κ1) is 14.6. The van der Waals surface area contributed by atoms with Crippen molar-refractivity contribution in [1.82, 2.24) is 10.6 Å². The van der Waals surface area contributed by atoms with Crippen LogP contribution < -0.4 is 16.4 Å². The van der Waals surface area contributed by atoms with E-state index in [9.17, 15) is 9.59 Å². The van der Waals surface area contributed by atoms with Crippen molar-refractivity contribution in [3.05, 3.63) is 24.2 Å². The zero-order valence-electron chi connectivity index (χ0n) is 10.1. The number of urea groups is 1. The highest BCUT2D eigenvalue weighted by Gasteiger charge is 2.08. The number of amides is 3. The molecule has 6 nitrogen and oxygen atoms in total. The Labute approximate surface area is 110 Å². The van der Waals surface area contributed by atoms with Crippen molar-refractivity contribution in [1.29, 1.82) is 0 Å². The molecule has 0 bridgehead atoms. The van der Waals surface area contributed by atoms with Crippen molar-refractivity contribution in [2.24, 2.45) is 5.73 Å². The Hall–Kier alpha value is -1.47. The van der Waals surface area contributed by atoms with E-state index < -0.39 is 6.03 Å². The maximum atomic E-state index is 11.3. The zero-order chi connectivity index (χ0) is 13.4. The van der Waals surface area contributed by atoms with Gasteiger partial charge in [-0.15, -0.1) is 0 Å². The molecule has 100 valence electrons. The largest absolute Gasteiger partial charge is 0.467 e. The molecule has 4 N–H and O–H groups in total. The van der Waals surface area contributed by atoms with Gasteiger partial charge in [0, 0.05) is 11.8 Å². The van der Waals surface area contributed by atoms with E-state index in [0.717, 1.165) is 0 Å². The third-order valence-electron chi connectivity index (χ3n) is 1.87.